The summed E-state index contributed by atoms with van der Waals surface area (Å²) in [5.41, 5.74) is 1.92. The molecule has 3 aromatic heterocycles. The highest BCUT2D eigenvalue weighted by atomic mass is 16.5. The second kappa shape index (κ2) is 7.23. The fourth-order valence-corrected chi connectivity index (χ4v) is 3.14. The van der Waals surface area contributed by atoms with Crippen molar-refractivity contribution in [3.8, 4) is 0 Å². The molecule has 1 aromatic carbocycles. The number of aromatic nitrogens is 3. The van der Waals surface area contributed by atoms with Crippen molar-refractivity contribution in [1.29, 1.82) is 0 Å². The molecule has 0 fully saturated rings. The Labute approximate surface area is 165 Å². The molecule has 4 aromatic rings. The Balaban J connectivity index is 1.66. The molecule has 0 aliphatic rings. The van der Waals surface area contributed by atoms with Crippen molar-refractivity contribution in [2.24, 2.45) is 7.05 Å². The fourth-order valence-electron chi connectivity index (χ4n) is 3.14. The number of esters is 1. The van der Waals surface area contributed by atoms with Crippen molar-refractivity contribution >= 4 is 34.2 Å². The van der Waals surface area contributed by atoms with Crippen molar-refractivity contribution in [1.82, 2.24) is 14.0 Å². The molecule has 1 N–H and O–H groups in total. The molecule has 1 amide bonds. The molecule has 0 saturated heterocycles. The number of fused-ring (bicyclic) bond motifs is 2. The topological polar surface area (TPSA) is 94.7 Å². The second-order valence-corrected chi connectivity index (χ2v) is 6.42. The standard InChI is InChI=1S/C21H18N4O4/c1-3-29-21(28)13-7-9-14(10-8-13)22-19(26)16-12-15-18(24(16)2)23-17-6-4-5-11-25(17)20(15)27/h4-12H,3H2,1-2H3,(H,22,26). The lowest BCUT2D eigenvalue weighted by Crippen LogP contribution is -2.16. The molecule has 0 saturated carbocycles. The minimum Gasteiger partial charge on any atom is -0.462 e. The smallest absolute Gasteiger partial charge is 0.338 e. The van der Waals surface area contributed by atoms with Gasteiger partial charge in [0, 0.05) is 18.9 Å². The van der Waals surface area contributed by atoms with Crippen LogP contribution in [0.3, 0.4) is 0 Å². The highest BCUT2D eigenvalue weighted by Gasteiger charge is 2.18. The van der Waals surface area contributed by atoms with Crippen LogP contribution in [0.25, 0.3) is 16.7 Å². The van der Waals surface area contributed by atoms with Crippen LogP contribution in [0.1, 0.15) is 27.8 Å². The number of aryl methyl sites for hydroxylation is 1. The zero-order valence-corrected chi connectivity index (χ0v) is 15.9. The van der Waals surface area contributed by atoms with Gasteiger partial charge in [0.1, 0.15) is 17.0 Å². The predicted octanol–water partition coefficient (Wildman–Crippen LogP) is 2.62. The maximum absolute atomic E-state index is 12.8. The van der Waals surface area contributed by atoms with Crippen molar-refractivity contribution in [2.45, 2.75) is 6.92 Å². The van der Waals surface area contributed by atoms with Gasteiger partial charge in [-0.3, -0.25) is 14.0 Å². The van der Waals surface area contributed by atoms with Gasteiger partial charge in [-0.2, -0.15) is 0 Å². The number of amides is 1. The number of hydrogen-bond donors (Lipinski definition) is 1. The molecule has 146 valence electrons. The summed E-state index contributed by atoms with van der Waals surface area (Å²) in [5, 5.41) is 3.13. The van der Waals surface area contributed by atoms with Crippen molar-refractivity contribution in [2.75, 3.05) is 11.9 Å². The second-order valence-electron chi connectivity index (χ2n) is 6.42. The number of benzene rings is 1. The Bertz CT molecular complexity index is 1300. The molecule has 0 unspecified atom stereocenters. The third kappa shape index (κ3) is 3.25. The van der Waals surface area contributed by atoms with E-state index in [4.69, 9.17) is 4.74 Å². The summed E-state index contributed by atoms with van der Waals surface area (Å²) in [6.45, 7) is 2.03. The van der Waals surface area contributed by atoms with Crippen LogP contribution in [0.4, 0.5) is 5.69 Å². The van der Waals surface area contributed by atoms with Gasteiger partial charge in [0.05, 0.1) is 17.6 Å². The van der Waals surface area contributed by atoms with E-state index < -0.39 is 5.97 Å². The number of rotatable bonds is 4. The third-order valence-corrected chi connectivity index (χ3v) is 4.60. The number of nitrogens with one attached hydrogen (secondary N) is 1. The monoisotopic (exact) mass is 390 g/mol. The Morgan fingerprint density at radius 2 is 1.90 bits per heavy atom. The van der Waals surface area contributed by atoms with E-state index in [1.165, 1.54) is 10.5 Å². The number of carbonyl (C=O) groups excluding carboxylic acids is 2. The maximum atomic E-state index is 12.8. The SMILES string of the molecule is CCOC(=O)c1ccc(NC(=O)c2cc3c(=O)n4ccccc4nc3n2C)cc1. The Morgan fingerprint density at radius 1 is 1.14 bits per heavy atom. The van der Waals surface area contributed by atoms with Gasteiger partial charge in [-0.1, -0.05) is 6.07 Å². The molecule has 29 heavy (non-hydrogen) atoms. The minimum atomic E-state index is -0.419. The van der Waals surface area contributed by atoms with Gasteiger partial charge >= 0.3 is 5.97 Å². The average molecular weight is 390 g/mol. The van der Waals surface area contributed by atoms with Crippen LogP contribution < -0.4 is 10.9 Å². The lowest BCUT2D eigenvalue weighted by atomic mass is 10.2. The number of carbonyl (C=O) groups is 2. The largest absolute Gasteiger partial charge is 0.462 e. The molecule has 4 rings (SSSR count). The molecule has 0 bridgehead atoms. The normalized spacial score (nSPS) is 11.0. The first-order chi connectivity index (χ1) is 14.0. The number of pyridine rings is 1. The van der Waals surface area contributed by atoms with Gasteiger partial charge < -0.3 is 14.6 Å². The molecule has 8 heteroatoms. The van der Waals surface area contributed by atoms with Gasteiger partial charge in [0.25, 0.3) is 11.5 Å². The zero-order valence-electron chi connectivity index (χ0n) is 15.9. The van der Waals surface area contributed by atoms with Crippen LogP contribution in [0, 0.1) is 0 Å². The van der Waals surface area contributed by atoms with E-state index in [9.17, 15) is 14.4 Å². The average Bonchev–Trinajstić information content (AvgIpc) is 3.06. The molecule has 8 nitrogen and oxygen atoms in total. The van der Waals surface area contributed by atoms with Crippen molar-refractivity contribution in [3.63, 3.8) is 0 Å². The molecule has 0 aliphatic carbocycles. The Morgan fingerprint density at radius 3 is 2.62 bits per heavy atom. The van der Waals surface area contributed by atoms with E-state index >= 15 is 0 Å². The maximum Gasteiger partial charge on any atom is 0.338 e. The molecule has 0 spiro atoms. The third-order valence-electron chi connectivity index (χ3n) is 4.60. The molecular formula is C21H18N4O4. The number of ether oxygens (including phenoxy) is 1. The quantitative estimate of drug-likeness (QED) is 0.541. The summed E-state index contributed by atoms with van der Waals surface area (Å²) < 4.78 is 7.98. The first-order valence-electron chi connectivity index (χ1n) is 9.05. The minimum absolute atomic E-state index is 0.237. The van der Waals surface area contributed by atoms with Gasteiger partial charge in [0.2, 0.25) is 0 Å². The summed E-state index contributed by atoms with van der Waals surface area (Å²) in [4.78, 5) is 41.7. The first kappa shape index (κ1) is 18.4. The summed E-state index contributed by atoms with van der Waals surface area (Å²) >= 11 is 0. The number of hydrogen-bond acceptors (Lipinski definition) is 5. The zero-order chi connectivity index (χ0) is 20.5. The van der Waals surface area contributed by atoms with E-state index in [0.29, 0.717) is 40.2 Å². The van der Waals surface area contributed by atoms with Crippen LogP contribution in [-0.4, -0.2) is 32.4 Å². The van der Waals surface area contributed by atoms with Gasteiger partial charge in [-0.25, -0.2) is 9.78 Å². The van der Waals surface area contributed by atoms with E-state index in [2.05, 4.69) is 10.3 Å². The summed E-state index contributed by atoms with van der Waals surface area (Å²) in [7, 11) is 1.69. The van der Waals surface area contributed by atoms with Crippen LogP contribution >= 0.6 is 0 Å². The molecule has 0 aliphatic heterocycles. The Hall–Kier alpha value is -3.94. The molecular weight excluding hydrogens is 372 g/mol. The highest BCUT2D eigenvalue weighted by molar-refractivity contribution is 6.06. The number of anilines is 1. The van der Waals surface area contributed by atoms with Gasteiger partial charge in [-0.05, 0) is 49.4 Å². The van der Waals surface area contributed by atoms with E-state index in [1.807, 2.05) is 0 Å². The fraction of sp³-hybridized carbons (Fsp3) is 0.143. The predicted molar refractivity (Wildman–Crippen MR) is 108 cm³/mol. The lowest BCUT2D eigenvalue weighted by molar-refractivity contribution is 0.0526. The molecule has 0 radical (unpaired) electrons. The summed E-state index contributed by atoms with van der Waals surface area (Å²) in [6.07, 6.45) is 1.64. The van der Waals surface area contributed by atoms with Crippen LogP contribution in [-0.2, 0) is 11.8 Å². The lowest BCUT2D eigenvalue weighted by Gasteiger charge is -2.07. The van der Waals surface area contributed by atoms with Crippen molar-refractivity contribution in [3.05, 3.63) is 76.3 Å². The Kier molecular flexibility index (Phi) is 4.59. The summed E-state index contributed by atoms with van der Waals surface area (Å²) in [6, 6.07) is 13.2. The first-order valence-corrected chi connectivity index (χ1v) is 9.05. The summed E-state index contributed by atoms with van der Waals surface area (Å²) in [5.74, 6) is -0.805. The van der Waals surface area contributed by atoms with Crippen LogP contribution in [0.5, 0.6) is 0 Å². The van der Waals surface area contributed by atoms with Crippen LogP contribution in [0.2, 0.25) is 0 Å². The van der Waals surface area contributed by atoms with Crippen molar-refractivity contribution < 1.29 is 14.3 Å². The van der Waals surface area contributed by atoms with Crippen LogP contribution in [0.15, 0.2) is 59.5 Å². The number of nitrogens with zero attached hydrogens (tertiary/aromatic N) is 3. The van der Waals surface area contributed by atoms with E-state index in [1.54, 1.807) is 67.2 Å². The van der Waals surface area contributed by atoms with E-state index in [-0.39, 0.29) is 11.5 Å². The highest BCUT2D eigenvalue weighted by Crippen LogP contribution is 2.17. The molecule has 0 atom stereocenters. The van der Waals surface area contributed by atoms with Gasteiger partial charge in [0.15, 0.2) is 0 Å². The van der Waals surface area contributed by atoms with E-state index in [0.717, 1.165) is 0 Å². The van der Waals surface area contributed by atoms with Gasteiger partial charge in [-0.15, -0.1) is 0 Å². The molecule has 3 heterocycles.